The van der Waals surface area contributed by atoms with E-state index in [-0.39, 0.29) is 11.3 Å². The number of fused-ring (bicyclic) bond motifs is 1. The second-order valence-electron chi connectivity index (χ2n) is 6.05. The quantitative estimate of drug-likeness (QED) is 0.531. The Morgan fingerprint density at radius 2 is 1.75 bits per heavy atom. The predicted octanol–water partition coefficient (Wildman–Crippen LogP) is 4.90. The zero-order valence-corrected chi connectivity index (χ0v) is 14.5. The molecule has 0 aliphatic rings. The summed E-state index contributed by atoms with van der Waals surface area (Å²) in [6, 6.07) is 14.3. The zero-order valence-electron chi connectivity index (χ0n) is 14.5. The lowest BCUT2D eigenvalue weighted by Gasteiger charge is -2.10. The average molecular weight is 376 g/mol. The Morgan fingerprint density at radius 1 is 0.893 bits per heavy atom. The second-order valence-corrected chi connectivity index (χ2v) is 6.05. The number of pyridine rings is 2. The van der Waals surface area contributed by atoms with Crippen LogP contribution in [0, 0.1) is 11.6 Å². The number of amides is 1. The van der Waals surface area contributed by atoms with Gasteiger partial charge in [0.15, 0.2) is 11.6 Å². The highest BCUT2D eigenvalue weighted by atomic mass is 19.2. The molecule has 2 heterocycles. The first-order chi connectivity index (χ1) is 13.6. The first-order valence-electron chi connectivity index (χ1n) is 8.42. The van der Waals surface area contributed by atoms with Gasteiger partial charge in [-0.2, -0.15) is 0 Å². The fourth-order valence-electron chi connectivity index (χ4n) is 2.77. The molecule has 2 aromatic carbocycles. The van der Waals surface area contributed by atoms with E-state index in [9.17, 15) is 13.6 Å². The van der Waals surface area contributed by atoms with E-state index >= 15 is 0 Å². The van der Waals surface area contributed by atoms with Crippen LogP contribution in [0.15, 0.2) is 73.2 Å². The number of aromatic nitrogens is 2. The van der Waals surface area contributed by atoms with E-state index in [1.54, 1.807) is 18.5 Å². The molecule has 28 heavy (non-hydrogen) atoms. The topological polar surface area (TPSA) is 66.9 Å². The molecule has 1 amide bonds. The molecule has 2 aromatic heterocycles. The molecule has 4 rings (SSSR count). The zero-order chi connectivity index (χ0) is 19.5. The molecule has 0 aliphatic carbocycles. The normalized spacial score (nSPS) is 10.6. The predicted molar refractivity (Wildman–Crippen MR) is 104 cm³/mol. The number of hydrogen-bond acceptors (Lipinski definition) is 4. The van der Waals surface area contributed by atoms with Crippen LogP contribution < -0.4 is 10.6 Å². The van der Waals surface area contributed by atoms with Crippen molar-refractivity contribution in [2.75, 3.05) is 10.6 Å². The van der Waals surface area contributed by atoms with Crippen molar-refractivity contribution in [2.24, 2.45) is 0 Å². The molecule has 0 aliphatic heterocycles. The fraction of sp³-hybridized carbons (Fsp3) is 0. The highest BCUT2D eigenvalue weighted by molar-refractivity contribution is 6.04. The number of hydrogen-bond donors (Lipinski definition) is 2. The Bertz CT molecular complexity index is 1170. The van der Waals surface area contributed by atoms with E-state index in [0.29, 0.717) is 5.69 Å². The summed E-state index contributed by atoms with van der Waals surface area (Å²) < 4.78 is 26.3. The molecule has 5 nitrogen and oxygen atoms in total. The highest BCUT2D eigenvalue weighted by Crippen LogP contribution is 2.24. The summed E-state index contributed by atoms with van der Waals surface area (Å²) >= 11 is 0. The number of nitrogens with zero attached hydrogens (tertiary/aromatic N) is 2. The fourth-order valence-corrected chi connectivity index (χ4v) is 2.77. The van der Waals surface area contributed by atoms with E-state index < -0.39 is 17.5 Å². The summed E-state index contributed by atoms with van der Waals surface area (Å²) in [4.78, 5) is 20.9. The molecule has 7 heteroatoms. The summed E-state index contributed by atoms with van der Waals surface area (Å²) in [5, 5.41) is 6.71. The van der Waals surface area contributed by atoms with Crippen LogP contribution in [0.5, 0.6) is 0 Å². The molecule has 2 N–H and O–H groups in total. The summed E-state index contributed by atoms with van der Waals surface area (Å²) in [7, 11) is 0. The minimum Gasteiger partial charge on any atom is -0.352 e. The molecule has 0 spiro atoms. The first-order valence-corrected chi connectivity index (χ1v) is 8.42. The minimum absolute atomic E-state index is 0.153. The third-order valence-corrected chi connectivity index (χ3v) is 4.09. The molecule has 0 radical (unpaired) electrons. The van der Waals surface area contributed by atoms with Gasteiger partial charge in [-0.3, -0.25) is 14.8 Å². The van der Waals surface area contributed by atoms with E-state index in [0.717, 1.165) is 28.7 Å². The number of benzene rings is 2. The van der Waals surface area contributed by atoms with Gasteiger partial charge in [0, 0.05) is 29.5 Å². The lowest BCUT2D eigenvalue weighted by Crippen LogP contribution is -2.12. The molecule has 138 valence electrons. The van der Waals surface area contributed by atoms with Crippen molar-refractivity contribution >= 4 is 33.9 Å². The van der Waals surface area contributed by atoms with Crippen LogP contribution in [0.25, 0.3) is 10.9 Å². The maximum absolute atomic E-state index is 13.3. The molecule has 0 fully saturated rings. The Morgan fingerprint density at radius 3 is 2.61 bits per heavy atom. The van der Waals surface area contributed by atoms with E-state index in [1.807, 2.05) is 30.3 Å². The van der Waals surface area contributed by atoms with Crippen LogP contribution in [-0.2, 0) is 0 Å². The molecular formula is C21H14F2N4O. The summed E-state index contributed by atoms with van der Waals surface area (Å²) in [5.74, 6) is -2.50. The van der Waals surface area contributed by atoms with Crippen LogP contribution in [0.2, 0.25) is 0 Å². The number of carbonyl (C=O) groups is 1. The highest BCUT2D eigenvalue weighted by Gasteiger charge is 2.10. The molecule has 0 atom stereocenters. The largest absolute Gasteiger partial charge is 0.352 e. The maximum Gasteiger partial charge on any atom is 0.257 e. The number of para-hydroxylation sites is 1. The van der Waals surface area contributed by atoms with Crippen LogP contribution in [-0.4, -0.2) is 15.9 Å². The van der Waals surface area contributed by atoms with Gasteiger partial charge in [-0.25, -0.2) is 8.78 Å². The van der Waals surface area contributed by atoms with E-state index in [2.05, 4.69) is 20.6 Å². The number of rotatable bonds is 4. The van der Waals surface area contributed by atoms with Gasteiger partial charge >= 0.3 is 0 Å². The van der Waals surface area contributed by atoms with Gasteiger partial charge in [-0.1, -0.05) is 18.2 Å². The van der Waals surface area contributed by atoms with Gasteiger partial charge < -0.3 is 10.6 Å². The van der Waals surface area contributed by atoms with Gasteiger partial charge in [0.25, 0.3) is 5.91 Å². The number of anilines is 3. The molecule has 0 bridgehead atoms. The van der Waals surface area contributed by atoms with Gasteiger partial charge in [0.05, 0.1) is 28.7 Å². The number of carbonyl (C=O) groups excluding carboxylic acids is 1. The summed E-state index contributed by atoms with van der Waals surface area (Å²) in [6.45, 7) is 0. The van der Waals surface area contributed by atoms with Crippen molar-refractivity contribution in [3.05, 3.63) is 90.4 Å². The first kappa shape index (κ1) is 17.5. The van der Waals surface area contributed by atoms with Crippen molar-refractivity contribution in [3.63, 3.8) is 0 Å². The van der Waals surface area contributed by atoms with Gasteiger partial charge in [0.1, 0.15) is 0 Å². The SMILES string of the molecule is O=C(Nc1ccc(F)c(F)c1)c1cncc(Nc2cccc3cccnc23)c1. The third-order valence-electron chi connectivity index (χ3n) is 4.09. The maximum atomic E-state index is 13.3. The van der Waals surface area contributed by atoms with Crippen LogP contribution >= 0.6 is 0 Å². The smallest absolute Gasteiger partial charge is 0.257 e. The standard InChI is InChI=1S/C21H14F2N4O/c22-17-7-6-15(10-18(17)23)27-21(28)14-9-16(12-24-11-14)26-19-5-1-3-13-4-2-8-25-20(13)19/h1-12,26H,(H,27,28). The monoisotopic (exact) mass is 376 g/mol. The number of halogens is 2. The second kappa shape index (κ2) is 7.40. The summed E-state index contributed by atoms with van der Waals surface area (Å²) in [5.41, 5.74) is 2.58. The Kier molecular flexibility index (Phi) is 4.63. The number of nitrogens with one attached hydrogen (secondary N) is 2. The lowest BCUT2D eigenvalue weighted by atomic mass is 10.2. The van der Waals surface area contributed by atoms with Crippen molar-refractivity contribution in [1.82, 2.24) is 9.97 Å². The third kappa shape index (κ3) is 3.64. The van der Waals surface area contributed by atoms with Crippen molar-refractivity contribution in [3.8, 4) is 0 Å². The molecule has 0 saturated carbocycles. The minimum atomic E-state index is -1.03. The molecule has 0 saturated heterocycles. The van der Waals surface area contributed by atoms with Crippen LogP contribution in [0.4, 0.5) is 25.8 Å². The van der Waals surface area contributed by atoms with Gasteiger partial charge in [-0.05, 0) is 30.3 Å². The molecule has 0 unspecified atom stereocenters. The van der Waals surface area contributed by atoms with Crippen LogP contribution in [0.3, 0.4) is 0 Å². The Hall–Kier alpha value is -3.87. The van der Waals surface area contributed by atoms with Gasteiger partial charge in [-0.15, -0.1) is 0 Å². The summed E-state index contributed by atoms with van der Waals surface area (Å²) in [6.07, 6.45) is 4.68. The Labute approximate surface area is 159 Å². The van der Waals surface area contributed by atoms with Crippen LogP contribution in [0.1, 0.15) is 10.4 Å². The van der Waals surface area contributed by atoms with E-state index in [4.69, 9.17) is 0 Å². The average Bonchev–Trinajstić information content (AvgIpc) is 2.71. The Balaban J connectivity index is 1.57. The van der Waals surface area contributed by atoms with Crippen molar-refractivity contribution in [1.29, 1.82) is 0 Å². The molecule has 4 aromatic rings. The van der Waals surface area contributed by atoms with Gasteiger partial charge in [0.2, 0.25) is 0 Å². The van der Waals surface area contributed by atoms with E-state index in [1.165, 1.54) is 12.3 Å². The molecular weight excluding hydrogens is 362 g/mol. The van der Waals surface area contributed by atoms with Crippen molar-refractivity contribution in [2.45, 2.75) is 0 Å². The van der Waals surface area contributed by atoms with Crippen molar-refractivity contribution < 1.29 is 13.6 Å². The lowest BCUT2D eigenvalue weighted by molar-refractivity contribution is 0.102.